The normalized spacial score (nSPS) is 9.50. The predicted octanol–water partition coefficient (Wildman–Crippen LogP) is 3.23. The second-order valence-corrected chi connectivity index (χ2v) is 3.36. The fraction of sp³-hybridized carbons (Fsp3) is 0.0714. The van der Waals surface area contributed by atoms with Crippen LogP contribution in [-0.4, -0.2) is 7.11 Å². The Labute approximate surface area is 94.7 Å². The SMILES string of the molecule is COc1cccc(C#N)c1-c1ccccc1. The molecule has 0 aliphatic rings. The van der Waals surface area contributed by atoms with Gasteiger partial charge in [-0.2, -0.15) is 5.26 Å². The molecule has 0 unspecified atom stereocenters. The van der Waals surface area contributed by atoms with Gasteiger partial charge in [0, 0.05) is 5.56 Å². The standard InChI is InChI=1S/C14H11NO/c1-16-13-9-5-8-12(10-15)14(13)11-6-3-2-4-7-11/h2-9H,1H3. The first-order chi connectivity index (χ1) is 7.86. The molecular weight excluding hydrogens is 198 g/mol. The third kappa shape index (κ3) is 1.76. The van der Waals surface area contributed by atoms with Gasteiger partial charge in [-0.05, 0) is 17.7 Å². The molecule has 78 valence electrons. The highest BCUT2D eigenvalue weighted by Gasteiger charge is 2.10. The van der Waals surface area contributed by atoms with Crippen molar-refractivity contribution >= 4 is 0 Å². The van der Waals surface area contributed by atoms with Gasteiger partial charge in [-0.25, -0.2) is 0 Å². The summed E-state index contributed by atoms with van der Waals surface area (Å²) in [5, 5.41) is 9.09. The molecule has 16 heavy (non-hydrogen) atoms. The monoisotopic (exact) mass is 209 g/mol. The largest absolute Gasteiger partial charge is 0.496 e. The van der Waals surface area contributed by atoms with Gasteiger partial charge in [-0.3, -0.25) is 0 Å². The summed E-state index contributed by atoms with van der Waals surface area (Å²) in [6.45, 7) is 0. The fourth-order valence-electron chi connectivity index (χ4n) is 1.70. The molecule has 0 saturated heterocycles. The highest BCUT2D eigenvalue weighted by atomic mass is 16.5. The van der Waals surface area contributed by atoms with Crippen molar-refractivity contribution in [1.82, 2.24) is 0 Å². The summed E-state index contributed by atoms with van der Waals surface area (Å²) >= 11 is 0. The Bertz CT molecular complexity index is 526. The maximum Gasteiger partial charge on any atom is 0.128 e. The average molecular weight is 209 g/mol. The number of hydrogen-bond acceptors (Lipinski definition) is 2. The van der Waals surface area contributed by atoms with Crippen LogP contribution in [0.1, 0.15) is 5.56 Å². The molecule has 2 nitrogen and oxygen atoms in total. The van der Waals surface area contributed by atoms with Crippen LogP contribution in [0.4, 0.5) is 0 Å². The first kappa shape index (κ1) is 10.3. The van der Waals surface area contributed by atoms with Gasteiger partial charge >= 0.3 is 0 Å². The van der Waals surface area contributed by atoms with E-state index in [2.05, 4.69) is 6.07 Å². The summed E-state index contributed by atoms with van der Waals surface area (Å²) in [5.74, 6) is 0.727. The first-order valence-electron chi connectivity index (χ1n) is 4.99. The third-order valence-corrected chi connectivity index (χ3v) is 2.43. The van der Waals surface area contributed by atoms with Crippen molar-refractivity contribution in [2.75, 3.05) is 7.11 Å². The quantitative estimate of drug-likeness (QED) is 0.760. The molecule has 0 spiro atoms. The van der Waals surface area contributed by atoms with Gasteiger partial charge in [-0.15, -0.1) is 0 Å². The lowest BCUT2D eigenvalue weighted by Crippen LogP contribution is -1.91. The van der Waals surface area contributed by atoms with Crippen LogP contribution in [0.2, 0.25) is 0 Å². The van der Waals surface area contributed by atoms with Crippen molar-refractivity contribution in [3.05, 3.63) is 54.1 Å². The Kier molecular flexibility index (Phi) is 2.88. The Morgan fingerprint density at radius 2 is 1.75 bits per heavy atom. The van der Waals surface area contributed by atoms with E-state index in [1.807, 2.05) is 42.5 Å². The van der Waals surface area contributed by atoms with Gasteiger partial charge in [0.2, 0.25) is 0 Å². The van der Waals surface area contributed by atoms with Crippen LogP contribution in [-0.2, 0) is 0 Å². The average Bonchev–Trinajstić information content (AvgIpc) is 2.38. The Morgan fingerprint density at radius 1 is 1.00 bits per heavy atom. The summed E-state index contributed by atoms with van der Waals surface area (Å²) in [7, 11) is 1.61. The van der Waals surface area contributed by atoms with Crippen LogP contribution in [0, 0.1) is 11.3 Å². The van der Waals surface area contributed by atoms with Crippen molar-refractivity contribution in [3.8, 4) is 22.9 Å². The van der Waals surface area contributed by atoms with E-state index in [0.717, 1.165) is 16.9 Å². The summed E-state index contributed by atoms with van der Waals surface area (Å²) in [6, 6.07) is 17.5. The Morgan fingerprint density at radius 3 is 2.38 bits per heavy atom. The summed E-state index contributed by atoms with van der Waals surface area (Å²) < 4.78 is 5.29. The minimum atomic E-state index is 0.630. The van der Waals surface area contributed by atoms with E-state index in [1.54, 1.807) is 13.2 Å². The van der Waals surface area contributed by atoms with Gasteiger partial charge in [0.25, 0.3) is 0 Å². The second kappa shape index (κ2) is 4.50. The number of nitriles is 1. The minimum Gasteiger partial charge on any atom is -0.496 e. The van der Waals surface area contributed by atoms with Crippen LogP contribution in [0.3, 0.4) is 0 Å². The molecule has 0 heterocycles. The van der Waals surface area contributed by atoms with Crippen molar-refractivity contribution in [3.63, 3.8) is 0 Å². The molecule has 0 aromatic heterocycles. The number of rotatable bonds is 2. The van der Waals surface area contributed by atoms with E-state index >= 15 is 0 Å². The zero-order chi connectivity index (χ0) is 11.4. The third-order valence-electron chi connectivity index (χ3n) is 2.43. The van der Waals surface area contributed by atoms with Crippen LogP contribution < -0.4 is 4.74 Å². The number of ether oxygens (including phenoxy) is 1. The molecule has 2 heteroatoms. The van der Waals surface area contributed by atoms with Gasteiger partial charge in [0.15, 0.2) is 0 Å². The molecule has 0 radical (unpaired) electrons. The zero-order valence-electron chi connectivity index (χ0n) is 8.97. The molecule has 0 aliphatic heterocycles. The van der Waals surface area contributed by atoms with E-state index in [-0.39, 0.29) is 0 Å². The van der Waals surface area contributed by atoms with Crippen molar-refractivity contribution in [1.29, 1.82) is 5.26 Å². The van der Waals surface area contributed by atoms with Crippen LogP contribution in [0.25, 0.3) is 11.1 Å². The molecule has 2 aromatic rings. The molecule has 0 saturated carbocycles. The molecule has 0 amide bonds. The fourth-order valence-corrected chi connectivity index (χ4v) is 1.70. The maximum absolute atomic E-state index is 9.09. The first-order valence-corrected chi connectivity index (χ1v) is 4.99. The van der Waals surface area contributed by atoms with Crippen molar-refractivity contribution in [2.45, 2.75) is 0 Å². The van der Waals surface area contributed by atoms with Crippen LogP contribution >= 0.6 is 0 Å². The predicted molar refractivity (Wildman–Crippen MR) is 63.1 cm³/mol. The van der Waals surface area contributed by atoms with Gasteiger partial charge < -0.3 is 4.74 Å². The van der Waals surface area contributed by atoms with E-state index in [9.17, 15) is 0 Å². The van der Waals surface area contributed by atoms with Crippen LogP contribution in [0.15, 0.2) is 48.5 Å². The van der Waals surface area contributed by atoms with Gasteiger partial charge in [-0.1, -0.05) is 36.4 Å². The molecular formula is C14H11NO. The maximum atomic E-state index is 9.09. The molecule has 2 aromatic carbocycles. The smallest absolute Gasteiger partial charge is 0.128 e. The summed E-state index contributed by atoms with van der Waals surface area (Å²) in [6.07, 6.45) is 0. The van der Waals surface area contributed by atoms with Gasteiger partial charge in [0.05, 0.1) is 18.7 Å². The number of methoxy groups -OCH3 is 1. The highest BCUT2D eigenvalue weighted by molar-refractivity contribution is 5.76. The minimum absolute atomic E-state index is 0.630. The lowest BCUT2D eigenvalue weighted by Gasteiger charge is -2.09. The Hall–Kier alpha value is -2.27. The number of nitrogens with zero attached hydrogens (tertiary/aromatic N) is 1. The number of benzene rings is 2. The van der Waals surface area contributed by atoms with Gasteiger partial charge in [0.1, 0.15) is 5.75 Å². The molecule has 2 rings (SSSR count). The van der Waals surface area contributed by atoms with Crippen molar-refractivity contribution in [2.24, 2.45) is 0 Å². The van der Waals surface area contributed by atoms with E-state index in [4.69, 9.17) is 10.00 Å². The van der Waals surface area contributed by atoms with Crippen LogP contribution in [0.5, 0.6) is 5.75 Å². The van der Waals surface area contributed by atoms with E-state index < -0.39 is 0 Å². The van der Waals surface area contributed by atoms with Crippen molar-refractivity contribution < 1.29 is 4.74 Å². The molecule has 0 N–H and O–H groups in total. The molecule has 0 bridgehead atoms. The lowest BCUT2D eigenvalue weighted by atomic mass is 9.99. The molecule has 0 atom stereocenters. The molecule has 0 aliphatic carbocycles. The van der Waals surface area contributed by atoms with E-state index in [1.165, 1.54) is 0 Å². The molecule has 0 fully saturated rings. The zero-order valence-corrected chi connectivity index (χ0v) is 8.97. The van der Waals surface area contributed by atoms with E-state index in [0.29, 0.717) is 5.56 Å². The lowest BCUT2D eigenvalue weighted by molar-refractivity contribution is 0.416. The highest BCUT2D eigenvalue weighted by Crippen LogP contribution is 2.32. The summed E-state index contributed by atoms with van der Waals surface area (Å²) in [5.41, 5.74) is 2.48. The number of hydrogen-bond donors (Lipinski definition) is 0. The Balaban J connectivity index is 2.68. The topological polar surface area (TPSA) is 33.0 Å². The summed E-state index contributed by atoms with van der Waals surface area (Å²) in [4.78, 5) is 0. The second-order valence-electron chi connectivity index (χ2n) is 3.36.